The average molecular weight is 1870 g/mol. The third-order valence-corrected chi connectivity index (χ3v) is 18.5. The van der Waals surface area contributed by atoms with Crippen molar-refractivity contribution in [3.05, 3.63) is 252 Å². The van der Waals surface area contributed by atoms with Crippen LogP contribution in [-0.4, -0.2) is 122 Å². The molecule has 36 heteroatoms. The molecule has 12 rings (SSSR count). The second-order valence-electron chi connectivity index (χ2n) is 25.6. The number of aliphatic carboxylic acids is 1. The number of nitrogens with two attached hydrogens (primary N) is 3. The molecule has 3 aromatic heterocycles. The third kappa shape index (κ3) is 31.0. The summed E-state index contributed by atoms with van der Waals surface area (Å²) in [6.45, 7) is 4.63. The number of benzene rings is 9. The molecule has 0 aliphatic rings. The quantitative estimate of drug-likeness (QED) is 0.00712. The number of furan rings is 3. The summed E-state index contributed by atoms with van der Waals surface area (Å²) in [5, 5.41) is 65.4. The van der Waals surface area contributed by atoms with Crippen molar-refractivity contribution in [2.45, 2.75) is 91.8 Å². The van der Waals surface area contributed by atoms with Crippen molar-refractivity contribution in [2.75, 3.05) is 54.4 Å². The normalized spacial score (nSPS) is 10.3. The van der Waals surface area contributed by atoms with Gasteiger partial charge in [-0.2, -0.15) is 0 Å². The molecule has 9 aromatic carbocycles. The number of fused-ring (bicyclic) bond motifs is 3. The Morgan fingerprint density at radius 3 is 1.16 bits per heavy atom. The van der Waals surface area contributed by atoms with Crippen LogP contribution in [0, 0.1) is 21.0 Å². The first-order valence-corrected chi connectivity index (χ1v) is 37.7. The van der Waals surface area contributed by atoms with Crippen molar-refractivity contribution >= 4 is 105 Å². The van der Waals surface area contributed by atoms with Crippen LogP contribution in [0.4, 0.5) is 13.2 Å². The van der Waals surface area contributed by atoms with Gasteiger partial charge in [0.1, 0.15) is 106 Å². The maximum atomic E-state index is 15.3. The van der Waals surface area contributed by atoms with E-state index in [1.165, 1.54) is 25.3 Å². The number of rotatable bonds is 33. The maximum absolute atomic E-state index is 15.3. The Morgan fingerprint density at radius 1 is 0.492 bits per heavy atom. The molecule has 0 saturated heterocycles. The van der Waals surface area contributed by atoms with Crippen LogP contribution in [0.15, 0.2) is 177 Å². The summed E-state index contributed by atoms with van der Waals surface area (Å²) < 4.78 is 107. The van der Waals surface area contributed by atoms with Gasteiger partial charge in [0.25, 0.3) is 6.47 Å². The molecule has 0 aliphatic heterocycles. The Bertz CT molecular complexity index is 5370. The van der Waals surface area contributed by atoms with Crippen LogP contribution in [0.25, 0.3) is 55.2 Å². The number of aliphatic hydroxyl groups is 3. The summed E-state index contributed by atoms with van der Waals surface area (Å²) in [6, 6.07) is 47.0. The minimum Gasteiger partial charge on any atom is -1.00 e. The van der Waals surface area contributed by atoms with E-state index in [1.54, 1.807) is 119 Å². The van der Waals surface area contributed by atoms with E-state index >= 15 is 8.78 Å². The van der Waals surface area contributed by atoms with Gasteiger partial charge in [-0.1, -0.05) is 72.8 Å². The van der Waals surface area contributed by atoms with Crippen molar-refractivity contribution in [3.8, 4) is 56.8 Å². The Hall–Kier alpha value is -7.37. The minimum absolute atomic E-state index is 0. The van der Waals surface area contributed by atoms with Gasteiger partial charge in [-0.3, -0.25) is 19.2 Å². The molecule has 0 spiro atoms. The van der Waals surface area contributed by atoms with E-state index in [0.717, 1.165) is 53.3 Å². The summed E-state index contributed by atoms with van der Waals surface area (Å²) in [5.74, 6) is 2.05. The molecule has 0 unspecified atom stereocenters. The fraction of sp³-hybridized carbons (Fsp3) is 0.256. The number of aliphatic hydroxyl groups excluding tert-OH is 3. The van der Waals surface area contributed by atoms with Crippen molar-refractivity contribution in [1.82, 2.24) is 0 Å². The van der Waals surface area contributed by atoms with Crippen LogP contribution in [-0.2, 0) is 112 Å². The number of hydrogen-bond acceptors (Lipinski definition) is 26. The fourth-order valence-electron chi connectivity index (χ4n) is 12.2. The summed E-state index contributed by atoms with van der Waals surface area (Å²) in [7, 11) is 2.88. The average Bonchev–Trinajstić information content (AvgIpc) is 1.68. The van der Waals surface area contributed by atoms with Gasteiger partial charge in [0.15, 0.2) is 0 Å². The number of carbonyl (C=O) groups is 4. The first kappa shape index (κ1) is 109. The van der Waals surface area contributed by atoms with Gasteiger partial charge in [-0.15, -0.1) is 12.4 Å². The Kier molecular flexibility index (Phi) is 49.8. The van der Waals surface area contributed by atoms with E-state index < -0.39 is 30.5 Å². The smallest absolute Gasteiger partial charge is 1.00 e. The monoisotopic (exact) mass is 1870 g/mol. The molecule has 12 aromatic rings. The van der Waals surface area contributed by atoms with Gasteiger partial charge in [-0.25, -0.2) is 13.2 Å². The first-order chi connectivity index (χ1) is 56.5. The van der Waals surface area contributed by atoms with Crippen molar-refractivity contribution in [1.29, 1.82) is 0 Å². The number of methoxy groups -OCH3 is 3. The number of carbonyl (C=O) groups excluding carboxylic acids is 3. The molecule has 0 atom stereocenters. The molecular formula is C86H92BClF3IK2LiN3O24. The topological polar surface area (TPSA) is 443 Å². The second-order valence-corrected chi connectivity index (χ2v) is 26.7. The van der Waals surface area contributed by atoms with Crippen molar-refractivity contribution in [3.63, 3.8) is 0 Å². The van der Waals surface area contributed by atoms with Gasteiger partial charge in [0, 0.05) is 134 Å². The maximum Gasteiger partial charge on any atom is 1.00 e. The van der Waals surface area contributed by atoms with Crippen LogP contribution in [0.3, 0.4) is 0 Å². The predicted molar refractivity (Wildman–Crippen MR) is 446 cm³/mol. The Morgan fingerprint density at radius 2 is 0.828 bits per heavy atom. The van der Waals surface area contributed by atoms with Gasteiger partial charge >= 0.3 is 147 Å². The molecule has 0 aliphatic carbocycles. The second kappa shape index (κ2) is 55.9. The number of esters is 2. The fourth-order valence-corrected chi connectivity index (χ4v) is 13.0. The molecule has 122 heavy (non-hydrogen) atoms. The standard InChI is InChI=1S/C29H30FNO6.C27H26FNO6.C22H23IO6.C7H9BFNO2.CH2O3.ClH.2K.Li.H2O.H/c1-3-35-27(33)14-19-7-8-22(34-2)15-26(19)36-17-18-11-21-13-23(9-10-32)37-29(21)25(12-18)24-6-4-5-20(16-31)28(24)30;1-33-20-6-5-17(12-25(31)32)24(13-20)34-15-16-9-19-11-21(7-8-30)35-27(19)23(10-16)22-4-2-3-18(14-29)26(22)28;1-3-27-21(25)11-15-4-5-17(26-2)12-20(15)28-13-14-8-16-10-18(6-7-24)29-22(16)19(23)9-14;9-7-5(4-10)2-1-3-6(7)8(11)12;2-1-4-3;;;;;;/h4-8,11-13,15,32H,3,9-10,14,16-17,31H2,1-2H3;2-6,9-11,13,30H,7-8,12,14-15,29H2,1H3,(H,31,32);4-5,8-10,12,24H,3,6-7,11,13H2,1-2H3;1-3,11-12H,4,10H2;1,3H;1H;;;;1H2;/q;;;;;;3*+1;;-1/p-2. The van der Waals surface area contributed by atoms with Crippen LogP contribution in [0.2, 0.25) is 0 Å². The van der Waals surface area contributed by atoms with Crippen LogP contribution >= 0.6 is 35.0 Å². The molecule has 0 bridgehead atoms. The third-order valence-electron chi connectivity index (χ3n) is 17.7. The van der Waals surface area contributed by atoms with Gasteiger partial charge in [0.05, 0.1) is 77.2 Å². The number of ether oxygens (including phenoxy) is 8. The summed E-state index contributed by atoms with van der Waals surface area (Å²) in [5.41, 5.74) is 25.6. The predicted octanol–water partition coefficient (Wildman–Crippen LogP) is 2.41. The number of carboxylic acid groups (broad SMARTS) is 1. The molecule has 0 fully saturated rings. The van der Waals surface area contributed by atoms with Crippen molar-refractivity contribution < 1.29 is 253 Å². The number of carboxylic acids is 1. The van der Waals surface area contributed by atoms with Crippen LogP contribution in [0.5, 0.6) is 34.5 Å². The minimum atomic E-state index is -1.78. The molecule has 27 nitrogen and oxygen atoms in total. The van der Waals surface area contributed by atoms with E-state index in [2.05, 4.69) is 27.5 Å². The SMILES string of the molecule is CCOC(=O)Cc1ccc(OC)cc1OCc1cc(-c2cccc(CN)c2F)c2oc(CCO)cc2c1.CCOC(=O)Cc1ccc(OC)cc1OCc1cc(I)c2oc(CCO)cc2c1.COc1ccc(CC(=O)O)c(OCc2cc(-c3cccc(CN)c3F)c3oc(CCO)cc3c2)c1.Cl.NCc1cccc(B(O)O)c1F.O=CO[O-].[H-].[K+].[K+].[Li+].[OH-]. The first-order valence-electron chi connectivity index (χ1n) is 36.6. The van der Waals surface area contributed by atoms with Gasteiger partial charge in [0.2, 0.25) is 0 Å². The zero-order valence-corrected chi connectivity index (χ0v) is 77.7. The van der Waals surface area contributed by atoms with Crippen molar-refractivity contribution in [2.24, 2.45) is 17.2 Å². The largest absolute Gasteiger partial charge is 1.00 e. The molecule has 0 radical (unpaired) electrons. The Balaban J connectivity index is 0.000000562. The zero-order valence-electron chi connectivity index (χ0n) is 69.5. The molecule has 3 heterocycles. The van der Waals surface area contributed by atoms with E-state index in [0.29, 0.717) is 141 Å². The summed E-state index contributed by atoms with van der Waals surface area (Å²) in [6.07, 6.45) is 1.14. The molecule has 0 saturated carbocycles. The number of halogens is 5. The molecule has 0 amide bonds. The van der Waals surface area contributed by atoms with E-state index in [4.69, 9.17) is 93.6 Å². The molecular weight excluding hydrogens is 1770 g/mol. The van der Waals surface area contributed by atoms with Gasteiger partial charge < -0.3 is 116 Å². The van der Waals surface area contributed by atoms with E-state index in [-0.39, 0.29) is 242 Å². The Labute approximate surface area is 820 Å². The van der Waals surface area contributed by atoms with Crippen LogP contribution in [0.1, 0.15) is 82.6 Å². The van der Waals surface area contributed by atoms with Gasteiger partial charge in [-0.05, 0) is 126 Å². The summed E-state index contributed by atoms with van der Waals surface area (Å²) >= 11 is 2.23. The number of hydrogen-bond donors (Lipinski definition) is 9. The summed E-state index contributed by atoms with van der Waals surface area (Å²) in [4.78, 5) is 46.5. The molecule has 13 N–H and O–H groups in total. The van der Waals surface area contributed by atoms with E-state index in [9.17, 15) is 34.1 Å². The zero-order chi connectivity index (χ0) is 84.7. The molecule has 636 valence electrons. The van der Waals surface area contributed by atoms with Crippen LogP contribution < -0.4 is 178 Å². The van der Waals surface area contributed by atoms with E-state index in [1.807, 2.05) is 54.6 Å².